The van der Waals surface area contributed by atoms with E-state index >= 15 is 0 Å². The van der Waals surface area contributed by atoms with Gasteiger partial charge in [-0.05, 0) is 73.9 Å². The van der Waals surface area contributed by atoms with Gasteiger partial charge in [0.2, 0.25) is 0 Å². The SMILES string of the molecule is Cc1cc2oc(=O)n(C(C)C)c2cc1-c1ccc(NC(=O)c2c(F)cccc2F)cc1. The molecular formula is C24H20F2N2O3. The largest absolute Gasteiger partial charge is 0.420 e. The molecule has 5 nitrogen and oxygen atoms in total. The number of benzene rings is 3. The molecule has 0 aliphatic heterocycles. The molecule has 4 aromatic rings. The fraction of sp³-hybridized carbons (Fsp3) is 0.167. The van der Waals surface area contributed by atoms with Crippen molar-refractivity contribution in [1.29, 1.82) is 0 Å². The first-order valence-electron chi connectivity index (χ1n) is 9.77. The number of aryl methyl sites for hydroxylation is 1. The van der Waals surface area contributed by atoms with Gasteiger partial charge >= 0.3 is 5.76 Å². The molecule has 1 aromatic heterocycles. The minimum Gasteiger partial charge on any atom is -0.408 e. The number of nitrogens with one attached hydrogen (secondary N) is 1. The van der Waals surface area contributed by atoms with E-state index in [9.17, 15) is 18.4 Å². The van der Waals surface area contributed by atoms with Crippen LogP contribution in [0.5, 0.6) is 0 Å². The van der Waals surface area contributed by atoms with Crippen LogP contribution < -0.4 is 11.1 Å². The number of amides is 1. The van der Waals surface area contributed by atoms with Crippen LogP contribution in [0.25, 0.3) is 22.2 Å². The maximum Gasteiger partial charge on any atom is 0.420 e. The number of fused-ring (bicyclic) bond motifs is 1. The van der Waals surface area contributed by atoms with E-state index in [1.807, 2.05) is 32.9 Å². The minimum atomic E-state index is -0.922. The molecular weight excluding hydrogens is 402 g/mol. The summed E-state index contributed by atoms with van der Waals surface area (Å²) in [6.45, 7) is 5.73. The minimum absolute atomic E-state index is 0.0549. The Bertz CT molecular complexity index is 1330. The van der Waals surface area contributed by atoms with Crippen molar-refractivity contribution in [1.82, 2.24) is 4.57 Å². The van der Waals surface area contributed by atoms with E-state index in [0.29, 0.717) is 16.8 Å². The Hall–Kier alpha value is -3.74. The average molecular weight is 422 g/mol. The molecule has 31 heavy (non-hydrogen) atoms. The van der Waals surface area contributed by atoms with Crippen molar-refractivity contribution >= 4 is 22.7 Å². The van der Waals surface area contributed by atoms with Crippen LogP contribution in [0.1, 0.15) is 35.8 Å². The molecule has 0 radical (unpaired) electrons. The first-order valence-corrected chi connectivity index (χ1v) is 9.77. The van der Waals surface area contributed by atoms with Gasteiger partial charge in [-0.3, -0.25) is 9.36 Å². The summed E-state index contributed by atoms with van der Waals surface area (Å²) in [6.07, 6.45) is 0. The third-order valence-electron chi connectivity index (χ3n) is 5.12. The summed E-state index contributed by atoms with van der Waals surface area (Å²) in [6, 6.07) is 13.8. The van der Waals surface area contributed by atoms with E-state index in [2.05, 4.69) is 5.32 Å². The second-order valence-electron chi connectivity index (χ2n) is 7.59. The fourth-order valence-corrected chi connectivity index (χ4v) is 3.62. The lowest BCUT2D eigenvalue weighted by Crippen LogP contribution is -2.16. The summed E-state index contributed by atoms with van der Waals surface area (Å²) in [5.41, 5.74) is 3.68. The highest BCUT2D eigenvalue weighted by Gasteiger charge is 2.18. The number of anilines is 1. The average Bonchev–Trinajstić information content (AvgIpc) is 3.02. The Morgan fingerprint density at radius 1 is 1.03 bits per heavy atom. The van der Waals surface area contributed by atoms with Gasteiger partial charge < -0.3 is 9.73 Å². The number of nitrogens with zero attached hydrogens (tertiary/aromatic N) is 1. The van der Waals surface area contributed by atoms with Gasteiger partial charge in [0, 0.05) is 11.7 Å². The normalized spacial score (nSPS) is 11.3. The second-order valence-corrected chi connectivity index (χ2v) is 7.59. The number of hydrogen-bond donors (Lipinski definition) is 1. The van der Waals surface area contributed by atoms with E-state index in [0.717, 1.165) is 28.8 Å². The molecule has 1 N–H and O–H groups in total. The number of carbonyl (C=O) groups is 1. The molecule has 3 aromatic carbocycles. The van der Waals surface area contributed by atoms with Gasteiger partial charge in [0.25, 0.3) is 5.91 Å². The van der Waals surface area contributed by atoms with Crippen molar-refractivity contribution in [3.05, 3.63) is 87.9 Å². The van der Waals surface area contributed by atoms with Crippen molar-refractivity contribution in [3.8, 4) is 11.1 Å². The maximum absolute atomic E-state index is 13.8. The van der Waals surface area contributed by atoms with Crippen LogP contribution in [-0.2, 0) is 0 Å². The Labute approximate surface area is 176 Å². The van der Waals surface area contributed by atoms with Gasteiger partial charge in [0.05, 0.1) is 5.52 Å². The summed E-state index contributed by atoms with van der Waals surface area (Å²) >= 11 is 0. The summed E-state index contributed by atoms with van der Waals surface area (Å²) in [7, 11) is 0. The molecule has 0 unspecified atom stereocenters. The third kappa shape index (κ3) is 3.74. The summed E-state index contributed by atoms with van der Waals surface area (Å²) in [5, 5.41) is 2.51. The van der Waals surface area contributed by atoms with E-state index in [1.165, 1.54) is 6.07 Å². The topological polar surface area (TPSA) is 64.2 Å². The maximum atomic E-state index is 13.8. The number of hydrogen-bond acceptors (Lipinski definition) is 3. The zero-order valence-corrected chi connectivity index (χ0v) is 17.2. The van der Waals surface area contributed by atoms with E-state index in [4.69, 9.17) is 4.42 Å². The summed E-state index contributed by atoms with van der Waals surface area (Å²) in [5.74, 6) is -3.11. The lowest BCUT2D eigenvalue weighted by atomic mass is 9.99. The predicted octanol–water partition coefficient (Wildman–Crippen LogP) is 5.68. The molecule has 0 aliphatic rings. The Kier molecular flexibility index (Phi) is 5.19. The van der Waals surface area contributed by atoms with Crippen molar-refractivity contribution < 1.29 is 18.0 Å². The smallest absolute Gasteiger partial charge is 0.408 e. The fourth-order valence-electron chi connectivity index (χ4n) is 3.62. The van der Waals surface area contributed by atoms with Crippen LogP contribution in [0.15, 0.2) is 63.8 Å². The second kappa shape index (κ2) is 7.83. The van der Waals surface area contributed by atoms with Gasteiger partial charge in [0.1, 0.15) is 17.2 Å². The van der Waals surface area contributed by atoms with Gasteiger partial charge in [-0.15, -0.1) is 0 Å². The molecule has 0 spiro atoms. The highest BCUT2D eigenvalue weighted by Crippen LogP contribution is 2.30. The molecule has 7 heteroatoms. The summed E-state index contributed by atoms with van der Waals surface area (Å²) < 4.78 is 34.6. The molecule has 1 heterocycles. The lowest BCUT2D eigenvalue weighted by molar-refractivity contribution is 0.101. The monoisotopic (exact) mass is 422 g/mol. The van der Waals surface area contributed by atoms with Crippen LogP contribution in [0.3, 0.4) is 0 Å². The molecule has 0 saturated heterocycles. The quantitative estimate of drug-likeness (QED) is 0.460. The third-order valence-corrected chi connectivity index (χ3v) is 5.12. The van der Waals surface area contributed by atoms with Crippen molar-refractivity contribution in [3.63, 3.8) is 0 Å². The van der Waals surface area contributed by atoms with E-state index in [-0.39, 0.29) is 6.04 Å². The van der Waals surface area contributed by atoms with Gasteiger partial charge in [-0.25, -0.2) is 13.6 Å². The number of oxazole rings is 1. The summed E-state index contributed by atoms with van der Waals surface area (Å²) in [4.78, 5) is 24.4. The van der Waals surface area contributed by atoms with Crippen LogP contribution in [0, 0.1) is 18.6 Å². The molecule has 0 bridgehead atoms. The highest BCUT2D eigenvalue weighted by molar-refractivity contribution is 6.04. The zero-order chi connectivity index (χ0) is 22.3. The number of halogens is 2. The van der Waals surface area contributed by atoms with Crippen LogP contribution in [0.4, 0.5) is 14.5 Å². The molecule has 0 fully saturated rings. The lowest BCUT2D eigenvalue weighted by Gasteiger charge is -2.11. The van der Waals surface area contributed by atoms with Crippen molar-refractivity contribution in [2.24, 2.45) is 0 Å². The number of aromatic nitrogens is 1. The standard InChI is InChI=1S/C24H20F2N2O3/c1-13(2)28-20-12-17(14(3)11-21(20)31-24(28)30)15-7-9-16(10-8-15)27-23(29)22-18(25)5-4-6-19(22)26/h4-13H,1-3H3,(H,27,29). The Morgan fingerprint density at radius 3 is 2.29 bits per heavy atom. The molecule has 0 saturated carbocycles. The first-order chi connectivity index (χ1) is 14.8. The molecule has 0 atom stereocenters. The van der Waals surface area contributed by atoms with Crippen LogP contribution in [0.2, 0.25) is 0 Å². The zero-order valence-electron chi connectivity index (χ0n) is 17.2. The van der Waals surface area contributed by atoms with E-state index < -0.39 is 28.9 Å². The van der Waals surface area contributed by atoms with E-state index in [1.54, 1.807) is 28.8 Å². The van der Waals surface area contributed by atoms with Crippen LogP contribution >= 0.6 is 0 Å². The molecule has 4 rings (SSSR count). The molecule has 1 amide bonds. The number of carbonyl (C=O) groups excluding carboxylic acids is 1. The van der Waals surface area contributed by atoms with Gasteiger partial charge in [-0.2, -0.15) is 0 Å². The Morgan fingerprint density at radius 2 is 1.68 bits per heavy atom. The van der Waals surface area contributed by atoms with Crippen LogP contribution in [-0.4, -0.2) is 10.5 Å². The highest BCUT2D eigenvalue weighted by atomic mass is 19.1. The van der Waals surface area contributed by atoms with Crippen molar-refractivity contribution in [2.45, 2.75) is 26.8 Å². The number of rotatable bonds is 4. The van der Waals surface area contributed by atoms with Gasteiger partial charge in [0.15, 0.2) is 5.58 Å². The Balaban J connectivity index is 1.66. The first kappa shape index (κ1) is 20.5. The predicted molar refractivity (Wildman–Crippen MR) is 115 cm³/mol. The van der Waals surface area contributed by atoms with Crippen molar-refractivity contribution in [2.75, 3.05) is 5.32 Å². The molecule has 0 aliphatic carbocycles. The molecule has 158 valence electrons. The van der Waals surface area contributed by atoms with Gasteiger partial charge in [-0.1, -0.05) is 18.2 Å².